The Morgan fingerprint density at radius 3 is 2.71 bits per heavy atom. The number of carbonyl (C=O) groups excluding carboxylic acids is 1. The van der Waals surface area contributed by atoms with Gasteiger partial charge in [-0.2, -0.15) is 0 Å². The summed E-state index contributed by atoms with van der Waals surface area (Å²) in [5, 5.41) is 2.88. The first-order valence-corrected chi connectivity index (χ1v) is 7.81. The molecule has 0 atom stereocenters. The van der Waals surface area contributed by atoms with Crippen LogP contribution in [-0.2, 0) is 11.2 Å². The van der Waals surface area contributed by atoms with Crippen LogP contribution in [0.2, 0.25) is 0 Å². The number of halogens is 1. The van der Waals surface area contributed by atoms with Crippen LogP contribution < -0.4 is 5.32 Å². The Morgan fingerprint density at radius 1 is 1.33 bits per heavy atom. The number of hydrogen-bond acceptors (Lipinski definition) is 3. The summed E-state index contributed by atoms with van der Waals surface area (Å²) in [6.45, 7) is 4.84. The Labute approximate surface area is 133 Å². The fourth-order valence-corrected chi connectivity index (χ4v) is 2.06. The van der Waals surface area contributed by atoms with Crippen molar-refractivity contribution >= 4 is 21.8 Å². The first kappa shape index (κ1) is 15.8. The molecule has 1 aromatic carbocycles. The molecule has 5 heteroatoms. The zero-order chi connectivity index (χ0) is 15.2. The highest BCUT2D eigenvalue weighted by Gasteiger charge is 2.09. The number of carbonyl (C=O) groups is 1. The number of hydrogen-bond donors (Lipinski definition) is 1. The van der Waals surface area contributed by atoms with Crippen molar-refractivity contribution in [1.29, 1.82) is 0 Å². The van der Waals surface area contributed by atoms with E-state index in [2.05, 4.69) is 40.1 Å². The lowest BCUT2D eigenvalue weighted by Gasteiger charge is -2.06. The summed E-state index contributed by atoms with van der Waals surface area (Å²) >= 11 is 3.40. The van der Waals surface area contributed by atoms with Crippen molar-refractivity contribution in [3.8, 4) is 11.3 Å². The van der Waals surface area contributed by atoms with Crippen LogP contribution in [0, 0.1) is 5.92 Å². The van der Waals surface area contributed by atoms with E-state index in [0.29, 0.717) is 31.2 Å². The molecule has 0 aliphatic heterocycles. The van der Waals surface area contributed by atoms with Gasteiger partial charge >= 0.3 is 0 Å². The van der Waals surface area contributed by atoms with Gasteiger partial charge in [0, 0.05) is 29.4 Å². The number of aryl methyl sites for hydroxylation is 1. The number of nitrogens with one attached hydrogen (secondary N) is 1. The smallest absolute Gasteiger partial charge is 0.220 e. The summed E-state index contributed by atoms with van der Waals surface area (Å²) in [6, 6.07) is 7.83. The van der Waals surface area contributed by atoms with Gasteiger partial charge in [0.1, 0.15) is 0 Å². The zero-order valence-corrected chi connectivity index (χ0v) is 13.8. The molecule has 0 spiro atoms. The van der Waals surface area contributed by atoms with Crippen molar-refractivity contribution in [2.75, 3.05) is 6.54 Å². The Balaban J connectivity index is 1.88. The highest BCUT2D eigenvalue weighted by Crippen LogP contribution is 2.22. The predicted octanol–water partition coefficient (Wildman–Crippen LogP) is 3.81. The molecule has 0 aliphatic rings. The SMILES string of the molecule is CC(C)CNC(=O)CCc1ncc(-c2ccc(Br)cc2)o1. The van der Waals surface area contributed by atoms with Crippen molar-refractivity contribution in [3.05, 3.63) is 40.8 Å². The molecule has 4 nitrogen and oxygen atoms in total. The molecule has 1 amide bonds. The van der Waals surface area contributed by atoms with Crippen molar-refractivity contribution in [3.63, 3.8) is 0 Å². The quantitative estimate of drug-likeness (QED) is 0.861. The first-order valence-electron chi connectivity index (χ1n) is 7.02. The third-order valence-corrected chi connectivity index (χ3v) is 3.48. The molecule has 1 heterocycles. The van der Waals surface area contributed by atoms with Crippen LogP contribution in [0.3, 0.4) is 0 Å². The first-order chi connectivity index (χ1) is 10.0. The van der Waals surface area contributed by atoms with Crippen LogP contribution >= 0.6 is 15.9 Å². The topological polar surface area (TPSA) is 55.1 Å². The van der Waals surface area contributed by atoms with Gasteiger partial charge in [-0.1, -0.05) is 41.9 Å². The van der Waals surface area contributed by atoms with Crippen LogP contribution in [0.15, 0.2) is 39.4 Å². The van der Waals surface area contributed by atoms with Crippen LogP contribution in [0.4, 0.5) is 0 Å². The molecule has 0 saturated heterocycles. The van der Waals surface area contributed by atoms with Gasteiger partial charge in [-0.3, -0.25) is 4.79 Å². The van der Waals surface area contributed by atoms with Crippen LogP contribution in [0.5, 0.6) is 0 Å². The highest BCUT2D eigenvalue weighted by molar-refractivity contribution is 9.10. The van der Waals surface area contributed by atoms with E-state index >= 15 is 0 Å². The molecular formula is C16H19BrN2O2. The van der Waals surface area contributed by atoms with Gasteiger partial charge in [-0.25, -0.2) is 4.98 Å². The van der Waals surface area contributed by atoms with Gasteiger partial charge in [-0.15, -0.1) is 0 Å². The second-order valence-electron chi connectivity index (χ2n) is 5.32. The van der Waals surface area contributed by atoms with Crippen molar-refractivity contribution < 1.29 is 9.21 Å². The van der Waals surface area contributed by atoms with Gasteiger partial charge in [0.25, 0.3) is 0 Å². The second-order valence-corrected chi connectivity index (χ2v) is 6.24. The second kappa shape index (κ2) is 7.41. The molecule has 21 heavy (non-hydrogen) atoms. The zero-order valence-electron chi connectivity index (χ0n) is 12.2. The molecule has 112 valence electrons. The largest absolute Gasteiger partial charge is 0.441 e. The monoisotopic (exact) mass is 350 g/mol. The number of amides is 1. The van der Waals surface area contributed by atoms with Gasteiger partial charge in [0.05, 0.1) is 6.20 Å². The lowest BCUT2D eigenvalue weighted by molar-refractivity contribution is -0.121. The minimum Gasteiger partial charge on any atom is -0.441 e. The molecule has 0 unspecified atom stereocenters. The Hall–Kier alpha value is -1.62. The van der Waals surface area contributed by atoms with E-state index in [9.17, 15) is 4.79 Å². The van der Waals surface area contributed by atoms with Crippen molar-refractivity contribution in [1.82, 2.24) is 10.3 Å². The van der Waals surface area contributed by atoms with E-state index in [1.807, 2.05) is 24.3 Å². The Morgan fingerprint density at radius 2 is 2.05 bits per heavy atom. The van der Waals surface area contributed by atoms with Crippen LogP contribution in [0.1, 0.15) is 26.2 Å². The molecule has 1 N–H and O–H groups in total. The van der Waals surface area contributed by atoms with Crippen molar-refractivity contribution in [2.45, 2.75) is 26.7 Å². The van der Waals surface area contributed by atoms with E-state index in [4.69, 9.17) is 4.42 Å². The van der Waals surface area contributed by atoms with E-state index in [1.54, 1.807) is 6.20 Å². The fraction of sp³-hybridized carbons (Fsp3) is 0.375. The summed E-state index contributed by atoms with van der Waals surface area (Å²) in [5.41, 5.74) is 0.973. The normalized spacial score (nSPS) is 10.9. The van der Waals surface area contributed by atoms with E-state index < -0.39 is 0 Å². The van der Waals surface area contributed by atoms with E-state index in [0.717, 1.165) is 15.8 Å². The average molecular weight is 351 g/mol. The molecule has 1 aromatic heterocycles. The van der Waals surface area contributed by atoms with Crippen LogP contribution in [-0.4, -0.2) is 17.4 Å². The van der Waals surface area contributed by atoms with Gasteiger partial charge in [0.2, 0.25) is 5.91 Å². The molecule has 0 aliphatic carbocycles. The molecule has 0 radical (unpaired) electrons. The minimum absolute atomic E-state index is 0.0343. The van der Waals surface area contributed by atoms with Gasteiger partial charge in [0.15, 0.2) is 11.7 Å². The predicted molar refractivity (Wildman–Crippen MR) is 85.8 cm³/mol. The summed E-state index contributed by atoms with van der Waals surface area (Å²) in [5.74, 6) is 1.81. The maximum Gasteiger partial charge on any atom is 0.220 e. The lowest BCUT2D eigenvalue weighted by atomic mass is 10.2. The van der Waals surface area contributed by atoms with Crippen molar-refractivity contribution in [2.24, 2.45) is 5.92 Å². The highest BCUT2D eigenvalue weighted by atomic mass is 79.9. The number of nitrogens with zero attached hydrogens (tertiary/aromatic N) is 1. The van der Waals surface area contributed by atoms with Gasteiger partial charge in [-0.05, 0) is 18.1 Å². The lowest BCUT2D eigenvalue weighted by Crippen LogP contribution is -2.27. The van der Waals surface area contributed by atoms with Gasteiger partial charge < -0.3 is 9.73 Å². The fourth-order valence-electron chi connectivity index (χ4n) is 1.80. The standard InChI is InChI=1S/C16H19BrN2O2/c1-11(2)9-18-15(20)7-8-16-19-10-14(21-16)12-3-5-13(17)6-4-12/h3-6,10-11H,7-9H2,1-2H3,(H,18,20). The summed E-state index contributed by atoms with van der Waals surface area (Å²) in [7, 11) is 0. The molecular weight excluding hydrogens is 332 g/mol. The van der Waals surface area contributed by atoms with E-state index in [1.165, 1.54) is 0 Å². The summed E-state index contributed by atoms with van der Waals surface area (Å²) in [4.78, 5) is 15.9. The third-order valence-electron chi connectivity index (χ3n) is 2.96. The number of benzene rings is 1. The summed E-state index contributed by atoms with van der Waals surface area (Å²) in [6.07, 6.45) is 2.61. The average Bonchev–Trinajstić information content (AvgIpc) is 2.92. The third kappa shape index (κ3) is 5.01. The molecule has 2 rings (SSSR count). The molecule has 0 bridgehead atoms. The molecule has 2 aromatic rings. The maximum atomic E-state index is 11.6. The number of aromatic nitrogens is 1. The summed E-state index contributed by atoms with van der Waals surface area (Å²) < 4.78 is 6.70. The minimum atomic E-state index is 0.0343. The maximum absolute atomic E-state index is 11.6. The number of rotatable bonds is 6. The van der Waals surface area contributed by atoms with E-state index in [-0.39, 0.29) is 5.91 Å². The Kier molecular flexibility index (Phi) is 5.56. The Bertz CT molecular complexity index is 591. The van der Waals surface area contributed by atoms with Crippen LogP contribution in [0.25, 0.3) is 11.3 Å². The number of oxazole rings is 1. The molecule has 0 fully saturated rings. The molecule has 0 saturated carbocycles.